The van der Waals surface area contributed by atoms with E-state index in [1.807, 2.05) is 0 Å². The monoisotopic (exact) mass is 213 g/mol. The molecule has 0 aliphatic rings. The number of aliphatic imine (C=N–C) groups is 1. The molecule has 1 unspecified atom stereocenters. The second kappa shape index (κ2) is 7.91. The van der Waals surface area contributed by atoms with Crippen LogP contribution in [0.1, 0.15) is 13.8 Å². The van der Waals surface area contributed by atoms with Gasteiger partial charge in [-0.2, -0.15) is 0 Å². The molecule has 0 bridgehead atoms. The SMILES string of the molecule is C=C(C)C(=O)OC(C)COCCN=C=O. The Morgan fingerprint density at radius 1 is 1.60 bits per heavy atom. The average Bonchev–Trinajstić information content (AvgIpc) is 2.17. The lowest BCUT2D eigenvalue weighted by Gasteiger charge is -2.12. The minimum absolute atomic E-state index is 0.269. The molecule has 0 aliphatic carbocycles. The van der Waals surface area contributed by atoms with Gasteiger partial charge in [0.25, 0.3) is 0 Å². The summed E-state index contributed by atoms with van der Waals surface area (Å²) in [5, 5.41) is 0. The summed E-state index contributed by atoms with van der Waals surface area (Å²) >= 11 is 0. The van der Waals surface area contributed by atoms with Crippen LogP contribution in [0, 0.1) is 0 Å². The van der Waals surface area contributed by atoms with Gasteiger partial charge in [-0.3, -0.25) is 0 Å². The Kier molecular flexibility index (Phi) is 7.14. The first-order valence-electron chi connectivity index (χ1n) is 4.55. The van der Waals surface area contributed by atoms with Crippen molar-refractivity contribution in [3.63, 3.8) is 0 Å². The summed E-state index contributed by atoms with van der Waals surface area (Å²) in [5.74, 6) is -0.433. The molecule has 0 aromatic carbocycles. The fraction of sp³-hybridized carbons (Fsp3) is 0.600. The number of esters is 1. The van der Waals surface area contributed by atoms with Gasteiger partial charge >= 0.3 is 5.97 Å². The molecule has 84 valence electrons. The highest BCUT2D eigenvalue weighted by Gasteiger charge is 2.09. The van der Waals surface area contributed by atoms with Gasteiger partial charge in [-0.25, -0.2) is 14.6 Å². The molecular weight excluding hydrogens is 198 g/mol. The summed E-state index contributed by atoms with van der Waals surface area (Å²) in [4.78, 5) is 24.0. The van der Waals surface area contributed by atoms with Crippen molar-refractivity contribution in [3.8, 4) is 0 Å². The van der Waals surface area contributed by atoms with E-state index in [2.05, 4.69) is 11.6 Å². The van der Waals surface area contributed by atoms with Gasteiger partial charge in [-0.1, -0.05) is 6.58 Å². The van der Waals surface area contributed by atoms with E-state index in [1.165, 1.54) is 6.08 Å². The van der Waals surface area contributed by atoms with E-state index >= 15 is 0 Å². The molecular formula is C10H15NO4. The summed E-state index contributed by atoms with van der Waals surface area (Å²) in [6.07, 6.45) is 1.06. The topological polar surface area (TPSA) is 65.0 Å². The first-order chi connectivity index (χ1) is 7.07. The van der Waals surface area contributed by atoms with Crippen molar-refractivity contribution in [2.24, 2.45) is 4.99 Å². The highest BCUT2D eigenvalue weighted by molar-refractivity contribution is 5.87. The van der Waals surface area contributed by atoms with Crippen LogP contribution in [0.3, 0.4) is 0 Å². The number of isocyanates is 1. The van der Waals surface area contributed by atoms with Crippen molar-refractivity contribution >= 4 is 12.0 Å². The van der Waals surface area contributed by atoms with Gasteiger partial charge in [0.2, 0.25) is 6.08 Å². The summed E-state index contributed by atoms with van der Waals surface area (Å²) in [6.45, 7) is 7.60. The largest absolute Gasteiger partial charge is 0.457 e. The third-order valence-electron chi connectivity index (χ3n) is 1.42. The number of hydrogen-bond donors (Lipinski definition) is 0. The third-order valence-corrected chi connectivity index (χ3v) is 1.42. The van der Waals surface area contributed by atoms with Gasteiger partial charge in [0.15, 0.2) is 0 Å². The minimum Gasteiger partial charge on any atom is -0.457 e. The van der Waals surface area contributed by atoms with Crippen LogP contribution in [-0.4, -0.2) is 37.9 Å². The predicted octanol–water partition coefficient (Wildman–Crippen LogP) is 0.847. The first-order valence-corrected chi connectivity index (χ1v) is 4.55. The van der Waals surface area contributed by atoms with Crippen LogP contribution >= 0.6 is 0 Å². The Bertz CT molecular complexity index is 269. The third kappa shape index (κ3) is 7.61. The zero-order chi connectivity index (χ0) is 11.7. The van der Waals surface area contributed by atoms with Crippen LogP contribution in [0.2, 0.25) is 0 Å². The molecule has 15 heavy (non-hydrogen) atoms. The second-order valence-electron chi connectivity index (χ2n) is 3.04. The Hall–Kier alpha value is -1.45. The minimum atomic E-state index is -0.433. The summed E-state index contributed by atoms with van der Waals surface area (Å²) in [5.41, 5.74) is 0.354. The first kappa shape index (κ1) is 13.5. The molecule has 0 rings (SSSR count). The van der Waals surface area contributed by atoms with Crippen LogP contribution in [0.15, 0.2) is 17.1 Å². The molecule has 5 nitrogen and oxygen atoms in total. The van der Waals surface area contributed by atoms with Crippen LogP contribution in [-0.2, 0) is 19.1 Å². The Morgan fingerprint density at radius 2 is 2.27 bits per heavy atom. The van der Waals surface area contributed by atoms with Gasteiger partial charge < -0.3 is 9.47 Å². The molecule has 5 heteroatoms. The smallest absolute Gasteiger partial charge is 0.333 e. The molecule has 0 aliphatic heterocycles. The van der Waals surface area contributed by atoms with E-state index in [0.29, 0.717) is 12.2 Å². The number of nitrogens with zero attached hydrogens (tertiary/aromatic N) is 1. The van der Waals surface area contributed by atoms with Crippen LogP contribution in [0.4, 0.5) is 0 Å². The number of carbonyl (C=O) groups excluding carboxylic acids is 2. The highest BCUT2D eigenvalue weighted by atomic mass is 16.6. The second-order valence-corrected chi connectivity index (χ2v) is 3.04. The van der Waals surface area contributed by atoms with Crippen molar-refractivity contribution in [1.29, 1.82) is 0 Å². The summed E-state index contributed by atoms with van der Waals surface area (Å²) in [6, 6.07) is 0. The highest BCUT2D eigenvalue weighted by Crippen LogP contribution is 1.98. The van der Waals surface area contributed by atoms with Crippen LogP contribution in [0.5, 0.6) is 0 Å². The number of rotatable bonds is 7. The molecule has 0 amide bonds. The maximum Gasteiger partial charge on any atom is 0.333 e. The van der Waals surface area contributed by atoms with Crippen molar-refractivity contribution < 1.29 is 19.1 Å². The summed E-state index contributed by atoms with van der Waals surface area (Å²) in [7, 11) is 0. The fourth-order valence-electron chi connectivity index (χ4n) is 0.722. The number of carbonyl (C=O) groups is 1. The zero-order valence-corrected chi connectivity index (χ0v) is 8.99. The molecule has 0 fully saturated rings. The molecule has 0 spiro atoms. The Balaban J connectivity index is 3.57. The Labute approximate surface area is 88.8 Å². The Morgan fingerprint density at radius 3 is 2.80 bits per heavy atom. The molecule has 0 radical (unpaired) electrons. The van der Waals surface area contributed by atoms with Gasteiger partial charge in [-0.15, -0.1) is 0 Å². The molecule has 0 heterocycles. The van der Waals surface area contributed by atoms with E-state index in [0.717, 1.165) is 0 Å². The van der Waals surface area contributed by atoms with Crippen molar-refractivity contribution in [3.05, 3.63) is 12.2 Å². The maximum atomic E-state index is 11.0. The molecule has 0 aromatic rings. The molecule has 0 saturated carbocycles. The average molecular weight is 213 g/mol. The normalized spacial score (nSPS) is 11.3. The van der Waals surface area contributed by atoms with E-state index in [9.17, 15) is 9.59 Å². The van der Waals surface area contributed by atoms with E-state index in [1.54, 1.807) is 13.8 Å². The van der Waals surface area contributed by atoms with E-state index in [4.69, 9.17) is 9.47 Å². The number of hydrogen-bond acceptors (Lipinski definition) is 5. The van der Waals surface area contributed by atoms with E-state index < -0.39 is 5.97 Å². The lowest BCUT2D eigenvalue weighted by molar-refractivity contribution is -0.146. The molecule has 0 aromatic heterocycles. The van der Waals surface area contributed by atoms with Gasteiger partial charge in [-0.05, 0) is 13.8 Å². The predicted molar refractivity (Wildman–Crippen MR) is 54.2 cm³/mol. The quantitative estimate of drug-likeness (QED) is 0.207. The van der Waals surface area contributed by atoms with Gasteiger partial charge in [0.1, 0.15) is 6.10 Å². The zero-order valence-electron chi connectivity index (χ0n) is 8.99. The maximum absolute atomic E-state index is 11.0. The summed E-state index contributed by atoms with van der Waals surface area (Å²) < 4.78 is 10.0. The lowest BCUT2D eigenvalue weighted by atomic mass is 10.3. The standard InChI is InChI=1S/C10H15NO4/c1-8(2)10(13)15-9(3)6-14-5-4-11-7-12/h9H,1,4-6H2,2-3H3. The van der Waals surface area contributed by atoms with Crippen molar-refractivity contribution in [1.82, 2.24) is 0 Å². The lowest BCUT2D eigenvalue weighted by Crippen LogP contribution is -2.21. The van der Waals surface area contributed by atoms with Gasteiger partial charge in [0, 0.05) is 5.57 Å². The van der Waals surface area contributed by atoms with Crippen molar-refractivity contribution in [2.75, 3.05) is 19.8 Å². The molecule has 1 atom stereocenters. The molecule has 0 saturated heterocycles. The molecule has 0 N–H and O–H groups in total. The fourth-order valence-corrected chi connectivity index (χ4v) is 0.722. The van der Waals surface area contributed by atoms with Crippen LogP contribution < -0.4 is 0 Å². The van der Waals surface area contributed by atoms with Crippen molar-refractivity contribution in [2.45, 2.75) is 20.0 Å². The van der Waals surface area contributed by atoms with E-state index in [-0.39, 0.29) is 19.3 Å². The van der Waals surface area contributed by atoms with Gasteiger partial charge in [0.05, 0.1) is 19.8 Å². The number of ether oxygens (including phenoxy) is 2. The van der Waals surface area contributed by atoms with Crippen LogP contribution in [0.25, 0.3) is 0 Å².